The molecule has 1 aromatic heterocycles. The number of nitrogens with zero attached hydrogens (tertiary/aromatic N) is 2. The van der Waals surface area contributed by atoms with E-state index in [1.54, 1.807) is 6.07 Å². The Labute approximate surface area is 105 Å². The van der Waals surface area contributed by atoms with Crippen LogP contribution in [-0.2, 0) is 0 Å². The number of H-pyrrole nitrogens is 1. The molecule has 0 radical (unpaired) electrons. The van der Waals surface area contributed by atoms with Crippen LogP contribution in [0.3, 0.4) is 0 Å². The quantitative estimate of drug-likeness (QED) is 0.841. The monoisotopic (exact) mass is 265 g/mol. The number of hydrogen-bond donors (Lipinski definition) is 1. The topological polar surface area (TPSA) is 78.7 Å². The van der Waals surface area contributed by atoms with Gasteiger partial charge in [-0.1, -0.05) is 11.6 Å². The summed E-state index contributed by atoms with van der Waals surface area (Å²) < 4.78 is 14.4. The van der Waals surface area contributed by atoms with Crippen LogP contribution in [0.15, 0.2) is 34.0 Å². The van der Waals surface area contributed by atoms with Crippen LogP contribution in [0.4, 0.5) is 4.39 Å². The van der Waals surface area contributed by atoms with Gasteiger partial charge in [0.05, 0.1) is 5.69 Å². The van der Waals surface area contributed by atoms with Gasteiger partial charge in [0.15, 0.2) is 0 Å². The zero-order chi connectivity index (χ0) is 13.3. The first kappa shape index (κ1) is 12.1. The summed E-state index contributed by atoms with van der Waals surface area (Å²) in [5.41, 5.74) is -2.10. The Hall–Kier alpha value is -2.39. The van der Waals surface area contributed by atoms with Crippen molar-refractivity contribution in [3.05, 3.63) is 61.6 Å². The minimum absolute atomic E-state index is 0.139. The Kier molecular flexibility index (Phi) is 3.00. The minimum atomic E-state index is -0.847. The molecule has 5 nitrogen and oxygen atoms in total. The summed E-state index contributed by atoms with van der Waals surface area (Å²) in [5, 5.41) is 8.92. The SMILES string of the molecule is N#Cc1cn(-c2cc(Cl)ccc2F)c(=O)[nH]c1=O. The largest absolute Gasteiger partial charge is 0.333 e. The number of hydrogen-bond acceptors (Lipinski definition) is 3. The highest BCUT2D eigenvalue weighted by molar-refractivity contribution is 6.30. The van der Waals surface area contributed by atoms with Gasteiger partial charge in [-0.3, -0.25) is 14.3 Å². The molecule has 1 heterocycles. The van der Waals surface area contributed by atoms with E-state index < -0.39 is 17.1 Å². The van der Waals surface area contributed by atoms with E-state index >= 15 is 0 Å². The van der Waals surface area contributed by atoms with Crippen LogP contribution >= 0.6 is 11.6 Å². The van der Waals surface area contributed by atoms with E-state index in [1.165, 1.54) is 12.1 Å². The summed E-state index contributed by atoms with van der Waals surface area (Å²) in [7, 11) is 0. The van der Waals surface area contributed by atoms with Gasteiger partial charge in [0, 0.05) is 11.2 Å². The second-order valence-electron chi connectivity index (χ2n) is 3.38. The van der Waals surface area contributed by atoms with Crippen LogP contribution in [0.5, 0.6) is 0 Å². The molecule has 18 heavy (non-hydrogen) atoms. The number of aromatic nitrogens is 2. The minimum Gasteiger partial charge on any atom is -0.273 e. The predicted molar refractivity (Wildman–Crippen MR) is 62.3 cm³/mol. The number of rotatable bonds is 1. The molecule has 0 amide bonds. The fourth-order valence-electron chi connectivity index (χ4n) is 1.40. The summed E-state index contributed by atoms with van der Waals surface area (Å²) in [6.45, 7) is 0. The number of halogens is 2. The molecule has 90 valence electrons. The molecule has 2 rings (SSSR count). The van der Waals surface area contributed by atoms with E-state index in [0.29, 0.717) is 0 Å². The van der Waals surface area contributed by atoms with Gasteiger partial charge < -0.3 is 0 Å². The fraction of sp³-hybridized carbons (Fsp3) is 0. The normalized spacial score (nSPS) is 10.1. The van der Waals surface area contributed by atoms with Crippen LogP contribution in [0.25, 0.3) is 5.69 Å². The summed E-state index contributed by atoms with van der Waals surface area (Å²) in [6, 6.07) is 5.23. The van der Waals surface area contributed by atoms with E-state index in [2.05, 4.69) is 0 Å². The van der Waals surface area contributed by atoms with Crippen molar-refractivity contribution < 1.29 is 4.39 Å². The Morgan fingerprint density at radius 2 is 2.11 bits per heavy atom. The molecule has 0 atom stereocenters. The van der Waals surface area contributed by atoms with Crippen molar-refractivity contribution in [2.24, 2.45) is 0 Å². The maximum Gasteiger partial charge on any atom is 0.333 e. The van der Waals surface area contributed by atoms with E-state index in [0.717, 1.165) is 16.8 Å². The molecule has 0 spiro atoms. The molecule has 2 aromatic rings. The van der Waals surface area contributed by atoms with Gasteiger partial charge in [-0.25, -0.2) is 9.18 Å². The molecule has 0 saturated heterocycles. The molecule has 1 N–H and O–H groups in total. The third-order valence-corrected chi connectivity index (χ3v) is 2.47. The summed E-state index contributed by atoms with van der Waals surface area (Å²) in [4.78, 5) is 24.7. The standard InChI is InChI=1S/C11H5ClFN3O2/c12-7-1-2-8(13)9(3-7)16-5-6(4-14)10(17)15-11(16)18/h1-3,5H,(H,15,17,18). The number of nitrogens with one attached hydrogen (secondary N) is 1. The first-order valence-corrected chi connectivity index (χ1v) is 5.12. The van der Waals surface area contributed by atoms with Crippen molar-refractivity contribution in [2.45, 2.75) is 0 Å². The van der Waals surface area contributed by atoms with E-state index in [4.69, 9.17) is 16.9 Å². The number of nitriles is 1. The summed E-state index contributed by atoms with van der Waals surface area (Å²) in [5.74, 6) is -0.697. The highest BCUT2D eigenvalue weighted by Crippen LogP contribution is 2.17. The molecule has 1 aromatic carbocycles. The fourth-order valence-corrected chi connectivity index (χ4v) is 1.57. The van der Waals surface area contributed by atoms with Gasteiger partial charge >= 0.3 is 5.69 Å². The van der Waals surface area contributed by atoms with Crippen molar-refractivity contribution >= 4 is 11.6 Å². The van der Waals surface area contributed by atoms with Gasteiger partial charge in [-0.05, 0) is 18.2 Å². The smallest absolute Gasteiger partial charge is 0.273 e. The Bertz CT molecular complexity index is 773. The molecule has 0 aliphatic heterocycles. The van der Waals surface area contributed by atoms with Crippen LogP contribution in [0, 0.1) is 17.1 Å². The molecule has 0 saturated carbocycles. The molecule has 0 fully saturated rings. The van der Waals surface area contributed by atoms with E-state index in [1.807, 2.05) is 4.98 Å². The third kappa shape index (κ3) is 2.04. The zero-order valence-electron chi connectivity index (χ0n) is 8.78. The van der Waals surface area contributed by atoms with Gasteiger partial charge in [0.1, 0.15) is 17.4 Å². The lowest BCUT2D eigenvalue weighted by molar-refractivity contribution is 0.614. The van der Waals surface area contributed by atoms with Crippen molar-refractivity contribution in [2.75, 3.05) is 0 Å². The van der Waals surface area contributed by atoms with Gasteiger partial charge in [-0.15, -0.1) is 0 Å². The molecule has 0 unspecified atom stereocenters. The van der Waals surface area contributed by atoms with Crippen molar-refractivity contribution in [1.29, 1.82) is 5.26 Å². The molecular weight excluding hydrogens is 261 g/mol. The van der Waals surface area contributed by atoms with Crippen LogP contribution < -0.4 is 11.2 Å². The van der Waals surface area contributed by atoms with E-state index in [-0.39, 0.29) is 16.3 Å². The number of aromatic amines is 1. The third-order valence-electron chi connectivity index (χ3n) is 2.23. The Morgan fingerprint density at radius 1 is 1.39 bits per heavy atom. The first-order valence-electron chi connectivity index (χ1n) is 4.74. The second-order valence-corrected chi connectivity index (χ2v) is 3.82. The lowest BCUT2D eigenvalue weighted by Crippen LogP contribution is -2.30. The number of benzene rings is 1. The average Bonchev–Trinajstić information content (AvgIpc) is 2.33. The van der Waals surface area contributed by atoms with Gasteiger partial charge in [-0.2, -0.15) is 5.26 Å². The summed E-state index contributed by atoms with van der Waals surface area (Å²) in [6.07, 6.45) is 0.968. The first-order chi connectivity index (χ1) is 8.52. The van der Waals surface area contributed by atoms with Crippen LogP contribution in [0.2, 0.25) is 5.02 Å². The van der Waals surface area contributed by atoms with Crippen LogP contribution in [-0.4, -0.2) is 9.55 Å². The highest BCUT2D eigenvalue weighted by Gasteiger charge is 2.10. The Balaban J connectivity index is 2.80. The predicted octanol–water partition coefficient (Wildman–Crippen LogP) is 1.19. The lowest BCUT2D eigenvalue weighted by atomic mass is 10.3. The molecule has 0 bridgehead atoms. The van der Waals surface area contributed by atoms with Crippen LogP contribution in [0.1, 0.15) is 5.56 Å². The maximum absolute atomic E-state index is 13.6. The van der Waals surface area contributed by atoms with E-state index in [9.17, 15) is 14.0 Å². The van der Waals surface area contributed by atoms with Gasteiger partial charge in [0.2, 0.25) is 0 Å². The lowest BCUT2D eigenvalue weighted by Gasteiger charge is -2.06. The average molecular weight is 266 g/mol. The molecule has 7 heteroatoms. The van der Waals surface area contributed by atoms with Crippen molar-refractivity contribution in [3.8, 4) is 11.8 Å². The molecule has 0 aliphatic rings. The van der Waals surface area contributed by atoms with Crippen molar-refractivity contribution in [1.82, 2.24) is 9.55 Å². The highest BCUT2D eigenvalue weighted by atomic mass is 35.5. The summed E-state index contributed by atoms with van der Waals surface area (Å²) >= 11 is 5.71. The Morgan fingerprint density at radius 3 is 2.78 bits per heavy atom. The van der Waals surface area contributed by atoms with Crippen molar-refractivity contribution in [3.63, 3.8) is 0 Å². The molecule has 0 aliphatic carbocycles. The zero-order valence-corrected chi connectivity index (χ0v) is 9.53. The molecular formula is C11H5ClFN3O2. The van der Waals surface area contributed by atoms with Gasteiger partial charge in [0.25, 0.3) is 5.56 Å². The maximum atomic E-state index is 13.6. The second kappa shape index (κ2) is 4.47.